The van der Waals surface area contributed by atoms with Crippen LogP contribution in [-0.2, 0) is 0 Å². The fraction of sp³-hybridized carbons (Fsp3) is 0.750. The molecule has 0 heterocycles. The molecule has 88 valence electrons. The third-order valence-corrected chi connectivity index (χ3v) is 1.83. The summed E-state index contributed by atoms with van der Waals surface area (Å²) in [5.74, 6) is 6.01. The Morgan fingerprint density at radius 2 is 1.53 bits per heavy atom. The molecule has 0 aliphatic heterocycles. The van der Waals surface area contributed by atoms with Crippen molar-refractivity contribution in [2.45, 2.75) is 58.8 Å². The van der Waals surface area contributed by atoms with E-state index in [0.717, 1.165) is 6.42 Å². The van der Waals surface area contributed by atoms with Gasteiger partial charge in [-0.3, -0.25) is 0 Å². The van der Waals surface area contributed by atoms with Crippen LogP contribution in [0.25, 0.3) is 0 Å². The van der Waals surface area contributed by atoms with Gasteiger partial charge in [-0.1, -0.05) is 39.0 Å². The number of carbonyl (C=O) groups is 1. The molecule has 0 saturated heterocycles. The molecule has 0 spiro atoms. The van der Waals surface area contributed by atoms with E-state index in [1.54, 1.807) is 0 Å². The van der Waals surface area contributed by atoms with E-state index >= 15 is 0 Å². The van der Waals surface area contributed by atoms with Gasteiger partial charge in [0.1, 0.15) is 0 Å². The summed E-state index contributed by atoms with van der Waals surface area (Å²) in [5.41, 5.74) is 0. The Morgan fingerprint density at radius 3 is 2.00 bits per heavy atom. The molecular formula is C12H22O3. The lowest BCUT2D eigenvalue weighted by Crippen LogP contribution is -1.81. The normalized spacial score (nSPS) is 8.13. The molecule has 15 heavy (non-hydrogen) atoms. The van der Waals surface area contributed by atoms with Crippen LogP contribution < -0.4 is 0 Å². The summed E-state index contributed by atoms with van der Waals surface area (Å²) >= 11 is 0. The van der Waals surface area contributed by atoms with E-state index in [0.29, 0.717) is 0 Å². The molecule has 3 heteroatoms. The highest BCUT2D eigenvalue weighted by Crippen LogP contribution is 2.05. The average molecular weight is 214 g/mol. The van der Waals surface area contributed by atoms with Gasteiger partial charge in [0, 0.05) is 6.42 Å². The molecule has 2 N–H and O–H groups in total. The fourth-order valence-corrected chi connectivity index (χ4v) is 1.12. The second kappa shape index (κ2) is 15.3. The van der Waals surface area contributed by atoms with Crippen LogP contribution in [0, 0.1) is 11.8 Å². The fourth-order valence-electron chi connectivity index (χ4n) is 1.12. The predicted octanol–water partition coefficient (Wildman–Crippen LogP) is 3.98. The van der Waals surface area contributed by atoms with Crippen LogP contribution in [0.2, 0.25) is 0 Å². The average Bonchev–Trinajstić information content (AvgIpc) is 2.16. The van der Waals surface area contributed by atoms with Crippen molar-refractivity contribution in [2.24, 2.45) is 0 Å². The summed E-state index contributed by atoms with van der Waals surface area (Å²) in [5, 5.41) is 13.9. The van der Waals surface area contributed by atoms with Crippen molar-refractivity contribution in [3.05, 3.63) is 0 Å². The lowest BCUT2D eigenvalue weighted by atomic mass is 10.1. The highest BCUT2D eigenvalue weighted by atomic mass is 16.6. The Morgan fingerprint density at radius 1 is 1.07 bits per heavy atom. The monoisotopic (exact) mass is 214 g/mol. The van der Waals surface area contributed by atoms with Gasteiger partial charge in [0.2, 0.25) is 0 Å². The van der Waals surface area contributed by atoms with Crippen LogP contribution in [0.1, 0.15) is 58.8 Å². The second-order valence-electron chi connectivity index (χ2n) is 3.23. The van der Waals surface area contributed by atoms with Gasteiger partial charge in [-0.25, -0.2) is 4.79 Å². The molecule has 0 aromatic rings. The first-order valence-corrected chi connectivity index (χ1v) is 5.46. The molecular weight excluding hydrogens is 192 g/mol. The van der Waals surface area contributed by atoms with Crippen molar-refractivity contribution in [3.63, 3.8) is 0 Å². The molecule has 0 aromatic carbocycles. The molecule has 0 saturated carbocycles. The Labute approximate surface area is 92.5 Å². The minimum absolute atomic E-state index is 1.10. The zero-order chi connectivity index (χ0) is 11.9. The number of rotatable bonds is 6. The maximum atomic E-state index is 8.56. The Kier molecular flexibility index (Phi) is 16.6. The van der Waals surface area contributed by atoms with Crippen molar-refractivity contribution in [2.75, 3.05) is 0 Å². The van der Waals surface area contributed by atoms with Gasteiger partial charge < -0.3 is 10.2 Å². The van der Waals surface area contributed by atoms with E-state index in [1.807, 2.05) is 6.92 Å². The maximum absolute atomic E-state index is 8.56. The van der Waals surface area contributed by atoms with Crippen molar-refractivity contribution < 1.29 is 15.0 Å². The molecule has 0 fully saturated rings. The van der Waals surface area contributed by atoms with Crippen molar-refractivity contribution in [3.8, 4) is 11.8 Å². The lowest BCUT2D eigenvalue weighted by Gasteiger charge is -1.96. The van der Waals surface area contributed by atoms with E-state index in [9.17, 15) is 0 Å². The van der Waals surface area contributed by atoms with Crippen LogP contribution in [0.15, 0.2) is 0 Å². The standard InChI is InChI=1S/C11H20.CH2O3/c1-3-5-7-9-11-10-8-6-4-2;2-1(3)4/h3,5,7-11H2,1-2H3;(H2,2,3,4). The van der Waals surface area contributed by atoms with Gasteiger partial charge in [-0.05, 0) is 13.3 Å². The zero-order valence-corrected chi connectivity index (χ0v) is 9.75. The highest BCUT2D eigenvalue weighted by Gasteiger charge is 1.87. The zero-order valence-electron chi connectivity index (χ0n) is 9.75. The summed E-state index contributed by atoms with van der Waals surface area (Å²) in [6.07, 6.45) is 7.49. The number of hydrogen-bond acceptors (Lipinski definition) is 1. The molecule has 0 aromatic heterocycles. The summed E-state index contributed by atoms with van der Waals surface area (Å²) < 4.78 is 0. The van der Waals surface area contributed by atoms with Crippen molar-refractivity contribution in [1.82, 2.24) is 0 Å². The van der Waals surface area contributed by atoms with E-state index in [-0.39, 0.29) is 0 Å². The summed E-state index contributed by atoms with van der Waals surface area (Å²) in [7, 11) is 0. The van der Waals surface area contributed by atoms with Gasteiger partial charge in [0.05, 0.1) is 0 Å². The third-order valence-electron chi connectivity index (χ3n) is 1.83. The first kappa shape index (κ1) is 16.3. The topological polar surface area (TPSA) is 57.5 Å². The molecule has 0 amide bonds. The maximum Gasteiger partial charge on any atom is 0.503 e. The number of hydrogen-bond donors (Lipinski definition) is 2. The van der Waals surface area contributed by atoms with Crippen LogP contribution in [0.3, 0.4) is 0 Å². The molecule has 0 rings (SSSR count). The summed E-state index contributed by atoms with van der Waals surface area (Å²) in [6, 6.07) is 0. The largest absolute Gasteiger partial charge is 0.503 e. The Balaban J connectivity index is 0. The quantitative estimate of drug-likeness (QED) is 0.519. The van der Waals surface area contributed by atoms with Crippen molar-refractivity contribution >= 4 is 6.16 Å². The molecule has 0 atom stereocenters. The Bertz CT molecular complexity index is 185. The highest BCUT2D eigenvalue weighted by molar-refractivity contribution is 5.53. The third kappa shape index (κ3) is 32.3. The minimum atomic E-state index is -1.83. The van der Waals surface area contributed by atoms with Crippen LogP contribution in [0.5, 0.6) is 0 Å². The lowest BCUT2D eigenvalue weighted by molar-refractivity contribution is 0.137. The summed E-state index contributed by atoms with van der Waals surface area (Å²) in [6.45, 7) is 4.17. The smallest absolute Gasteiger partial charge is 0.450 e. The van der Waals surface area contributed by atoms with Gasteiger partial charge in [0.25, 0.3) is 0 Å². The van der Waals surface area contributed by atoms with Crippen LogP contribution in [-0.4, -0.2) is 16.4 Å². The van der Waals surface area contributed by atoms with E-state index in [1.165, 1.54) is 38.5 Å². The van der Waals surface area contributed by atoms with Crippen molar-refractivity contribution in [1.29, 1.82) is 0 Å². The molecule has 0 aliphatic rings. The van der Waals surface area contributed by atoms with Gasteiger partial charge in [-0.15, -0.1) is 11.8 Å². The number of unbranched alkanes of at least 4 members (excludes halogenated alkanes) is 6. The predicted molar refractivity (Wildman–Crippen MR) is 62.1 cm³/mol. The van der Waals surface area contributed by atoms with Crippen LogP contribution in [0.4, 0.5) is 4.79 Å². The second-order valence-corrected chi connectivity index (χ2v) is 3.23. The Hall–Kier alpha value is -1.17. The first-order valence-electron chi connectivity index (χ1n) is 5.46. The molecule has 0 aliphatic carbocycles. The molecule has 0 unspecified atom stereocenters. The molecule has 3 nitrogen and oxygen atoms in total. The SMILES string of the molecule is CC#CCCCCCCCC.O=C(O)O. The summed E-state index contributed by atoms with van der Waals surface area (Å²) in [4.78, 5) is 8.56. The van der Waals surface area contributed by atoms with Gasteiger partial charge in [0.15, 0.2) is 0 Å². The van der Waals surface area contributed by atoms with E-state index < -0.39 is 6.16 Å². The molecule has 0 radical (unpaired) electrons. The number of carboxylic acid groups (broad SMARTS) is 2. The van der Waals surface area contributed by atoms with E-state index in [4.69, 9.17) is 15.0 Å². The van der Waals surface area contributed by atoms with Gasteiger partial charge in [-0.2, -0.15) is 0 Å². The van der Waals surface area contributed by atoms with E-state index in [2.05, 4.69) is 18.8 Å². The minimum Gasteiger partial charge on any atom is -0.450 e. The molecule has 0 bridgehead atoms. The van der Waals surface area contributed by atoms with Crippen LogP contribution >= 0.6 is 0 Å². The first-order chi connectivity index (χ1) is 7.15. The van der Waals surface area contributed by atoms with Gasteiger partial charge >= 0.3 is 6.16 Å².